The maximum Gasteiger partial charge on any atom is 0.0681 e. The molecule has 2 nitrogen and oxygen atoms in total. The van der Waals surface area contributed by atoms with Crippen LogP contribution in [0.2, 0.25) is 0 Å². The standard InChI is InChI=1S/C12H17NO/c1-3-13-7-9(2)11-6-10(8-14)4-5-12(11)13/h4-6,9,14H,3,7-8H2,1-2H3. The first-order valence-electron chi connectivity index (χ1n) is 5.25. The van der Waals surface area contributed by atoms with Gasteiger partial charge in [0.1, 0.15) is 0 Å². The predicted molar refractivity (Wildman–Crippen MR) is 58.7 cm³/mol. The van der Waals surface area contributed by atoms with Crippen LogP contribution in [0.4, 0.5) is 5.69 Å². The van der Waals surface area contributed by atoms with E-state index >= 15 is 0 Å². The Morgan fingerprint density at radius 3 is 2.93 bits per heavy atom. The summed E-state index contributed by atoms with van der Waals surface area (Å²) in [5.74, 6) is 0.594. The van der Waals surface area contributed by atoms with Gasteiger partial charge in [-0.1, -0.05) is 19.1 Å². The Bertz CT molecular complexity index is 335. The molecule has 0 spiro atoms. The number of anilines is 1. The second kappa shape index (κ2) is 3.62. The molecule has 0 aliphatic carbocycles. The van der Waals surface area contributed by atoms with Gasteiger partial charge in [0.15, 0.2) is 0 Å². The SMILES string of the molecule is CCN1CC(C)c2cc(CO)ccc21. The Labute approximate surface area is 85.2 Å². The van der Waals surface area contributed by atoms with Crippen molar-refractivity contribution in [3.8, 4) is 0 Å². The average molecular weight is 191 g/mol. The Morgan fingerprint density at radius 1 is 1.50 bits per heavy atom. The zero-order valence-corrected chi connectivity index (χ0v) is 8.83. The van der Waals surface area contributed by atoms with Crippen LogP contribution in [-0.2, 0) is 6.61 Å². The molecule has 0 bridgehead atoms. The molecule has 0 saturated heterocycles. The van der Waals surface area contributed by atoms with E-state index in [1.165, 1.54) is 11.3 Å². The van der Waals surface area contributed by atoms with Gasteiger partial charge in [-0.2, -0.15) is 0 Å². The molecular formula is C12H17NO. The molecule has 1 aromatic carbocycles. The largest absolute Gasteiger partial charge is 0.392 e. The van der Waals surface area contributed by atoms with Crippen LogP contribution in [0.5, 0.6) is 0 Å². The molecule has 2 rings (SSSR count). The fourth-order valence-electron chi connectivity index (χ4n) is 2.21. The number of rotatable bonds is 2. The van der Waals surface area contributed by atoms with Crippen LogP contribution in [0.1, 0.15) is 30.9 Å². The minimum atomic E-state index is 0.145. The molecule has 0 aromatic heterocycles. The third-order valence-corrected chi connectivity index (χ3v) is 3.02. The van der Waals surface area contributed by atoms with Crippen molar-refractivity contribution in [3.05, 3.63) is 29.3 Å². The summed E-state index contributed by atoms with van der Waals surface area (Å²) >= 11 is 0. The van der Waals surface area contributed by atoms with Crippen LogP contribution < -0.4 is 4.90 Å². The van der Waals surface area contributed by atoms with Crippen molar-refractivity contribution in [2.45, 2.75) is 26.4 Å². The fraction of sp³-hybridized carbons (Fsp3) is 0.500. The lowest BCUT2D eigenvalue weighted by Gasteiger charge is -2.16. The van der Waals surface area contributed by atoms with Crippen molar-refractivity contribution < 1.29 is 5.11 Å². The average Bonchev–Trinajstić information content (AvgIpc) is 2.55. The van der Waals surface area contributed by atoms with E-state index in [2.05, 4.69) is 30.9 Å². The Balaban J connectivity index is 2.41. The molecule has 1 aliphatic heterocycles. The highest BCUT2D eigenvalue weighted by Crippen LogP contribution is 2.36. The first-order valence-corrected chi connectivity index (χ1v) is 5.25. The number of hydrogen-bond acceptors (Lipinski definition) is 2. The van der Waals surface area contributed by atoms with E-state index in [0.717, 1.165) is 18.7 Å². The number of aliphatic hydroxyl groups excluding tert-OH is 1. The van der Waals surface area contributed by atoms with Crippen molar-refractivity contribution in [3.63, 3.8) is 0 Å². The molecule has 0 saturated carbocycles. The van der Waals surface area contributed by atoms with E-state index in [-0.39, 0.29) is 6.61 Å². The molecule has 76 valence electrons. The maximum atomic E-state index is 9.06. The molecule has 0 amide bonds. The van der Waals surface area contributed by atoms with Crippen molar-refractivity contribution in [2.75, 3.05) is 18.0 Å². The molecular weight excluding hydrogens is 174 g/mol. The highest BCUT2D eigenvalue weighted by Gasteiger charge is 2.23. The van der Waals surface area contributed by atoms with Gasteiger partial charge in [-0.15, -0.1) is 0 Å². The van der Waals surface area contributed by atoms with E-state index in [1.807, 2.05) is 6.07 Å². The Kier molecular flexibility index (Phi) is 2.46. The van der Waals surface area contributed by atoms with Gasteiger partial charge < -0.3 is 10.0 Å². The molecule has 1 aromatic rings. The Morgan fingerprint density at radius 2 is 2.29 bits per heavy atom. The van der Waals surface area contributed by atoms with E-state index < -0.39 is 0 Å². The zero-order valence-electron chi connectivity index (χ0n) is 8.83. The van der Waals surface area contributed by atoms with Crippen LogP contribution >= 0.6 is 0 Å². The fourth-order valence-corrected chi connectivity index (χ4v) is 2.21. The number of aliphatic hydroxyl groups is 1. The lowest BCUT2D eigenvalue weighted by Crippen LogP contribution is -2.20. The van der Waals surface area contributed by atoms with Gasteiger partial charge in [0, 0.05) is 24.7 Å². The van der Waals surface area contributed by atoms with Crippen LogP contribution in [0, 0.1) is 0 Å². The number of nitrogens with zero attached hydrogens (tertiary/aromatic N) is 1. The lowest BCUT2D eigenvalue weighted by atomic mass is 10.0. The highest BCUT2D eigenvalue weighted by molar-refractivity contribution is 5.60. The zero-order chi connectivity index (χ0) is 10.1. The lowest BCUT2D eigenvalue weighted by molar-refractivity contribution is 0.281. The summed E-state index contributed by atoms with van der Waals surface area (Å²) in [5.41, 5.74) is 3.75. The van der Waals surface area contributed by atoms with Gasteiger partial charge in [0.25, 0.3) is 0 Å². The van der Waals surface area contributed by atoms with Crippen LogP contribution in [0.3, 0.4) is 0 Å². The predicted octanol–water partition coefficient (Wildman–Crippen LogP) is 2.12. The minimum Gasteiger partial charge on any atom is -0.392 e. The molecule has 1 heterocycles. The van der Waals surface area contributed by atoms with Crippen molar-refractivity contribution in [1.29, 1.82) is 0 Å². The number of hydrogen-bond donors (Lipinski definition) is 1. The molecule has 1 atom stereocenters. The normalized spacial score (nSPS) is 19.9. The van der Waals surface area contributed by atoms with Gasteiger partial charge in [-0.25, -0.2) is 0 Å². The second-order valence-corrected chi connectivity index (χ2v) is 3.99. The summed E-state index contributed by atoms with van der Waals surface area (Å²) in [7, 11) is 0. The molecule has 14 heavy (non-hydrogen) atoms. The summed E-state index contributed by atoms with van der Waals surface area (Å²) < 4.78 is 0. The molecule has 1 unspecified atom stereocenters. The van der Waals surface area contributed by atoms with Gasteiger partial charge in [-0.05, 0) is 24.1 Å². The van der Waals surface area contributed by atoms with Gasteiger partial charge in [-0.3, -0.25) is 0 Å². The summed E-state index contributed by atoms with van der Waals surface area (Å²) in [6, 6.07) is 6.28. The van der Waals surface area contributed by atoms with Crippen molar-refractivity contribution in [2.24, 2.45) is 0 Å². The molecule has 2 heteroatoms. The quantitative estimate of drug-likeness (QED) is 0.774. The van der Waals surface area contributed by atoms with E-state index in [9.17, 15) is 0 Å². The number of likely N-dealkylation sites (N-methyl/N-ethyl adjacent to an activating group) is 1. The topological polar surface area (TPSA) is 23.5 Å². The summed E-state index contributed by atoms with van der Waals surface area (Å²) in [5, 5.41) is 9.06. The number of fused-ring (bicyclic) bond motifs is 1. The van der Waals surface area contributed by atoms with Crippen LogP contribution in [-0.4, -0.2) is 18.2 Å². The third-order valence-electron chi connectivity index (χ3n) is 3.02. The van der Waals surface area contributed by atoms with E-state index in [1.54, 1.807) is 0 Å². The van der Waals surface area contributed by atoms with Crippen molar-refractivity contribution in [1.82, 2.24) is 0 Å². The Hall–Kier alpha value is -1.02. The van der Waals surface area contributed by atoms with E-state index in [0.29, 0.717) is 5.92 Å². The summed E-state index contributed by atoms with van der Waals surface area (Å²) in [4.78, 5) is 2.39. The minimum absolute atomic E-state index is 0.145. The van der Waals surface area contributed by atoms with Crippen LogP contribution in [0.15, 0.2) is 18.2 Å². The maximum absolute atomic E-state index is 9.06. The molecule has 0 fully saturated rings. The first kappa shape index (κ1) is 9.53. The van der Waals surface area contributed by atoms with Crippen LogP contribution in [0.25, 0.3) is 0 Å². The molecule has 1 N–H and O–H groups in total. The van der Waals surface area contributed by atoms with E-state index in [4.69, 9.17) is 5.11 Å². The van der Waals surface area contributed by atoms with Gasteiger partial charge >= 0.3 is 0 Å². The highest BCUT2D eigenvalue weighted by atomic mass is 16.3. The molecule has 1 aliphatic rings. The summed E-state index contributed by atoms with van der Waals surface area (Å²) in [6.07, 6.45) is 0. The first-order chi connectivity index (χ1) is 6.76. The monoisotopic (exact) mass is 191 g/mol. The summed E-state index contributed by atoms with van der Waals surface area (Å²) in [6.45, 7) is 6.75. The smallest absolute Gasteiger partial charge is 0.0681 e. The third kappa shape index (κ3) is 1.40. The van der Waals surface area contributed by atoms with Gasteiger partial charge in [0.2, 0.25) is 0 Å². The molecule has 0 radical (unpaired) electrons. The second-order valence-electron chi connectivity index (χ2n) is 3.99. The van der Waals surface area contributed by atoms with Crippen molar-refractivity contribution >= 4 is 5.69 Å². The van der Waals surface area contributed by atoms with Gasteiger partial charge in [0.05, 0.1) is 6.61 Å². The number of benzene rings is 1.